The minimum atomic E-state index is 0. The van der Waals surface area contributed by atoms with Crippen LogP contribution in [0.5, 0.6) is 0 Å². The van der Waals surface area contributed by atoms with E-state index in [1.807, 2.05) is 80.0 Å². The first-order valence-electron chi connectivity index (χ1n) is 10.7. The van der Waals surface area contributed by atoms with Gasteiger partial charge in [0.25, 0.3) is 0 Å². The van der Waals surface area contributed by atoms with Crippen molar-refractivity contribution in [3.05, 3.63) is 66.0 Å². The summed E-state index contributed by atoms with van der Waals surface area (Å²) in [4.78, 5) is 8.04. The van der Waals surface area contributed by atoms with Crippen LogP contribution in [0.4, 0.5) is 0 Å². The van der Waals surface area contributed by atoms with Crippen molar-refractivity contribution >= 4 is 47.0 Å². The van der Waals surface area contributed by atoms with Crippen LogP contribution < -0.4 is 0 Å². The molecule has 1 radical (unpaired) electrons. The summed E-state index contributed by atoms with van der Waals surface area (Å²) >= 11 is 10.9. The molecule has 0 atom stereocenters. The average molecular weight is 531 g/mol. The smallest absolute Gasteiger partial charge is 0.741 e. The second kappa shape index (κ2) is 15.4. The van der Waals surface area contributed by atoms with Crippen LogP contribution in [0.1, 0.15) is 38.8 Å². The molecule has 0 saturated heterocycles. The second-order valence-corrected chi connectivity index (χ2v) is 7.34. The van der Waals surface area contributed by atoms with Crippen LogP contribution in [0.3, 0.4) is 0 Å². The first kappa shape index (κ1) is 28.6. The molecule has 0 bridgehead atoms. The van der Waals surface area contributed by atoms with Crippen LogP contribution in [0.2, 0.25) is 0 Å². The van der Waals surface area contributed by atoms with Gasteiger partial charge in [0.05, 0.1) is 0 Å². The zero-order valence-electron chi connectivity index (χ0n) is 19.3. The normalized spacial score (nSPS) is 12.8. The third kappa shape index (κ3) is 8.47. The molecule has 0 aliphatic carbocycles. The van der Waals surface area contributed by atoms with Crippen LogP contribution in [0.25, 0.3) is 0 Å². The Hall–Kier alpha value is -2.39. The van der Waals surface area contributed by atoms with E-state index in [9.17, 15) is 0 Å². The molecular weight excluding hydrogens is 502 g/mol. The van der Waals surface area contributed by atoms with Crippen molar-refractivity contribution in [3.8, 4) is 0 Å². The third-order valence-corrected chi connectivity index (χ3v) is 5.44. The van der Waals surface area contributed by atoms with Crippen LogP contribution in [0.15, 0.2) is 75.3 Å². The maximum absolute atomic E-state index is 5.47. The molecule has 1 aromatic heterocycles. The average Bonchev–Trinajstić information content (AvgIpc) is 2.83. The van der Waals surface area contributed by atoms with Gasteiger partial charge in [0, 0.05) is 60.0 Å². The Morgan fingerprint density at radius 1 is 0.667 bits per heavy atom. The van der Waals surface area contributed by atoms with E-state index in [1.165, 1.54) is 0 Å². The fourth-order valence-corrected chi connectivity index (χ4v) is 3.49. The molecule has 2 aromatic rings. The molecule has 0 aliphatic rings. The molecule has 0 saturated carbocycles. The molecule has 0 fully saturated rings. The molecule has 2 rings (SSSR count). The maximum atomic E-state index is 5.47. The van der Waals surface area contributed by atoms with E-state index in [1.54, 1.807) is 12.4 Å². The Bertz CT molecular complexity index is 876. The fraction of sp³-hybridized carbons (Fsp3) is 0.348. The molecule has 0 unspecified atom stereocenters. The van der Waals surface area contributed by atoms with Gasteiger partial charge >= 0.3 is 17.1 Å². The number of benzene rings is 1. The summed E-state index contributed by atoms with van der Waals surface area (Å²) in [5.74, 6) is 0. The van der Waals surface area contributed by atoms with Crippen LogP contribution >= 0.6 is 0 Å². The van der Waals surface area contributed by atoms with Crippen molar-refractivity contribution in [2.75, 3.05) is 26.2 Å². The van der Waals surface area contributed by atoms with Gasteiger partial charge in [0.15, 0.2) is 0 Å². The molecule has 7 nitrogen and oxygen atoms in total. The number of hydrogen-bond acceptors (Lipinski definition) is 7. The molecular formula is C23H29CuN7S2. The molecule has 1 aromatic carbocycles. The first-order valence-corrected chi connectivity index (χ1v) is 11.5. The van der Waals surface area contributed by atoms with E-state index in [4.69, 9.17) is 25.3 Å². The van der Waals surface area contributed by atoms with E-state index in [2.05, 4.69) is 25.4 Å². The summed E-state index contributed by atoms with van der Waals surface area (Å²) in [5.41, 5.74) is 2.74. The maximum Gasteiger partial charge on any atom is 2.00 e. The van der Waals surface area contributed by atoms with E-state index in [0.717, 1.165) is 37.3 Å². The Kier molecular flexibility index (Phi) is 13.4. The quantitative estimate of drug-likeness (QED) is 0.163. The van der Waals surface area contributed by atoms with Gasteiger partial charge in [-0.2, -0.15) is 10.2 Å². The van der Waals surface area contributed by atoms with Gasteiger partial charge < -0.3 is 35.1 Å². The summed E-state index contributed by atoms with van der Waals surface area (Å²) < 4.78 is 0. The monoisotopic (exact) mass is 530 g/mol. The molecule has 0 spiro atoms. The number of aromatic nitrogens is 1. The fourth-order valence-electron chi connectivity index (χ4n) is 2.89. The van der Waals surface area contributed by atoms with E-state index < -0.39 is 0 Å². The van der Waals surface area contributed by atoms with Crippen molar-refractivity contribution in [3.63, 3.8) is 0 Å². The summed E-state index contributed by atoms with van der Waals surface area (Å²) in [7, 11) is 0. The van der Waals surface area contributed by atoms with Crippen molar-refractivity contribution < 1.29 is 17.1 Å². The molecule has 33 heavy (non-hydrogen) atoms. The Morgan fingerprint density at radius 3 is 1.45 bits per heavy atom. The van der Waals surface area contributed by atoms with Gasteiger partial charge in [-0.1, -0.05) is 30.3 Å². The molecule has 0 N–H and O–H groups in total. The molecule has 0 amide bonds. The predicted octanol–water partition coefficient (Wildman–Crippen LogP) is 3.68. The number of amidine groups is 2. The molecule has 0 aliphatic heterocycles. The number of pyridine rings is 1. The van der Waals surface area contributed by atoms with Gasteiger partial charge in [-0.25, -0.2) is 0 Å². The van der Waals surface area contributed by atoms with Gasteiger partial charge in [-0.05, 0) is 39.8 Å². The van der Waals surface area contributed by atoms with Crippen molar-refractivity contribution in [1.82, 2.24) is 14.8 Å². The minimum Gasteiger partial charge on any atom is -0.741 e. The predicted molar refractivity (Wildman–Crippen MR) is 139 cm³/mol. The minimum absolute atomic E-state index is 0. The zero-order chi connectivity index (χ0) is 23.3. The number of rotatable bonds is 9. The third-order valence-electron chi connectivity index (χ3n) is 4.76. The van der Waals surface area contributed by atoms with Gasteiger partial charge in [-0.3, -0.25) is 4.98 Å². The van der Waals surface area contributed by atoms with Gasteiger partial charge in [-0.15, -0.1) is 10.2 Å². The van der Waals surface area contributed by atoms with E-state index in [0.29, 0.717) is 21.8 Å². The molecule has 1 heterocycles. The Labute approximate surface area is 218 Å². The van der Waals surface area contributed by atoms with Crippen molar-refractivity contribution in [2.45, 2.75) is 27.7 Å². The largest absolute Gasteiger partial charge is 2.00 e. The van der Waals surface area contributed by atoms with E-state index >= 15 is 0 Å². The topological polar surface area (TPSA) is 68.8 Å². The molecule has 10 heteroatoms. The first-order chi connectivity index (χ1) is 15.5. The van der Waals surface area contributed by atoms with Gasteiger partial charge in [0.2, 0.25) is 0 Å². The standard InChI is InChI=1S/C23H31N7S2.Cu/c1-5-29(6-2)22(31)27-25-20(18-12-10-9-11-13-18)21(19-14-16-24-17-15-19)26-28-23(32)30(7-3)8-4;/h9-17H,5-8H2,1-4H3,(H,27,31)(H,28,32);/q;+2/p-2. The second-order valence-electron chi connectivity index (χ2n) is 6.61. The number of nitrogens with zero attached hydrogens (tertiary/aromatic N) is 7. The Balaban J connectivity index is 0.00000544. The summed E-state index contributed by atoms with van der Waals surface area (Å²) in [5, 5.41) is 18.6. The summed E-state index contributed by atoms with van der Waals surface area (Å²) in [6.45, 7) is 11.2. The van der Waals surface area contributed by atoms with Crippen LogP contribution in [-0.2, 0) is 42.3 Å². The van der Waals surface area contributed by atoms with Crippen LogP contribution in [-0.4, -0.2) is 62.7 Å². The molecule has 179 valence electrons. The van der Waals surface area contributed by atoms with Crippen LogP contribution in [0, 0.1) is 0 Å². The van der Waals surface area contributed by atoms with E-state index in [-0.39, 0.29) is 17.1 Å². The van der Waals surface area contributed by atoms with Gasteiger partial charge in [0.1, 0.15) is 11.4 Å². The van der Waals surface area contributed by atoms with Crippen molar-refractivity contribution in [1.29, 1.82) is 0 Å². The summed E-state index contributed by atoms with van der Waals surface area (Å²) in [6.07, 6.45) is 3.40. The van der Waals surface area contributed by atoms with Crippen molar-refractivity contribution in [2.24, 2.45) is 20.4 Å². The number of hydrogen-bond donors (Lipinski definition) is 0. The Morgan fingerprint density at radius 2 is 1.06 bits per heavy atom. The summed E-state index contributed by atoms with van der Waals surface area (Å²) in [6, 6.07) is 13.4. The zero-order valence-corrected chi connectivity index (χ0v) is 21.8. The SMILES string of the molecule is CCN(CC)C([S-])=NN=C(C(=NN=C([S-])N(CC)CC)c1ccncc1)c1ccccc1.[Cu+2].